The summed E-state index contributed by atoms with van der Waals surface area (Å²) in [5.74, 6) is 1.44. The minimum Gasteiger partial charge on any atom is -0.484 e. The van der Waals surface area contributed by atoms with Gasteiger partial charge < -0.3 is 14.1 Å². The van der Waals surface area contributed by atoms with Crippen LogP contribution in [0.5, 0.6) is 5.75 Å². The number of fused-ring (bicyclic) bond motifs is 1. The Hall–Kier alpha value is -3.15. The SMILES string of the molecule is Cc1cccc(OCc2nc3c(o2)CN(C(=O)c2ccc(F)cc2)CC3)c1. The molecule has 1 amide bonds. The first kappa shape index (κ1) is 17.3. The molecule has 6 heteroatoms. The normalized spacial score (nSPS) is 13.3. The Morgan fingerprint density at radius 2 is 2.07 bits per heavy atom. The van der Waals surface area contributed by atoms with Crippen LogP contribution in [-0.4, -0.2) is 22.3 Å². The number of halogens is 1. The van der Waals surface area contributed by atoms with E-state index < -0.39 is 0 Å². The molecule has 1 aromatic heterocycles. The van der Waals surface area contributed by atoms with Crippen molar-refractivity contribution in [3.05, 3.63) is 82.8 Å². The molecule has 0 N–H and O–H groups in total. The summed E-state index contributed by atoms with van der Waals surface area (Å²) >= 11 is 0. The molecule has 0 saturated carbocycles. The molecule has 0 saturated heterocycles. The maximum absolute atomic E-state index is 13.0. The van der Waals surface area contributed by atoms with E-state index in [1.165, 1.54) is 24.3 Å². The van der Waals surface area contributed by atoms with Gasteiger partial charge in [-0.1, -0.05) is 12.1 Å². The molecule has 0 fully saturated rings. The van der Waals surface area contributed by atoms with Crippen LogP contribution in [0, 0.1) is 12.7 Å². The second-order valence-corrected chi connectivity index (χ2v) is 6.57. The lowest BCUT2D eigenvalue weighted by molar-refractivity contribution is 0.0718. The quantitative estimate of drug-likeness (QED) is 0.703. The molecule has 1 aliphatic rings. The molecule has 1 aliphatic heterocycles. The van der Waals surface area contributed by atoms with E-state index in [0.29, 0.717) is 36.7 Å². The van der Waals surface area contributed by atoms with E-state index in [1.807, 2.05) is 31.2 Å². The highest BCUT2D eigenvalue weighted by Crippen LogP contribution is 2.23. The highest BCUT2D eigenvalue weighted by atomic mass is 19.1. The Morgan fingerprint density at radius 3 is 2.85 bits per heavy atom. The van der Waals surface area contributed by atoms with Crippen LogP contribution in [-0.2, 0) is 19.6 Å². The van der Waals surface area contributed by atoms with Gasteiger partial charge in [0, 0.05) is 18.5 Å². The zero-order valence-electron chi connectivity index (χ0n) is 14.9. The lowest BCUT2D eigenvalue weighted by Gasteiger charge is -2.25. The highest BCUT2D eigenvalue weighted by molar-refractivity contribution is 5.94. The Morgan fingerprint density at radius 1 is 1.26 bits per heavy atom. The van der Waals surface area contributed by atoms with Crippen molar-refractivity contribution < 1.29 is 18.3 Å². The Labute approximate surface area is 156 Å². The summed E-state index contributed by atoms with van der Waals surface area (Å²) in [6, 6.07) is 13.3. The molecule has 0 spiro atoms. The first-order valence-corrected chi connectivity index (χ1v) is 8.80. The number of hydrogen-bond acceptors (Lipinski definition) is 4. The first-order valence-electron chi connectivity index (χ1n) is 8.80. The van der Waals surface area contributed by atoms with E-state index in [2.05, 4.69) is 4.98 Å². The number of carbonyl (C=O) groups is 1. The minimum atomic E-state index is -0.360. The molecule has 27 heavy (non-hydrogen) atoms. The van der Waals surface area contributed by atoms with Gasteiger partial charge in [-0.3, -0.25) is 4.79 Å². The monoisotopic (exact) mass is 366 g/mol. The number of amides is 1. The van der Waals surface area contributed by atoms with Crippen LogP contribution >= 0.6 is 0 Å². The van der Waals surface area contributed by atoms with Gasteiger partial charge in [-0.2, -0.15) is 0 Å². The second kappa shape index (κ2) is 7.23. The average Bonchev–Trinajstić information content (AvgIpc) is 3.08. The van der Waals surface area contributed by atoms with E-state index in [9.17, 15) is 9.18 Å². The molecule has 2 aromatic carbocycles. The number of hydrogen-bond donors (Lipinski definition) is 0. The Balaban J connectivity index is 1.42. The van der Waals surface area contributed by atoms with E-state index >= 15 is 0 Å². The second-order valence-electron chi connectivity index (χ2n) is 6.57. The molecule has 5 nitrogen and oxygen atoms in total. The summed E-state index contributed by atoms with van der Waals surface area (Å²) in [6.07, 6.45) is 0.621. The summed E-state index contributed by atoms with van der Waals surface area (Å²) < 4.78 is 24.6. The topological polar surface area (TPSA) is 55.6 Å². The van der Waals surface area contributed by atoms with Crippen molar-refractivity contribution in [1.29, 1.82) is 0 Å². The van der Waals surface area contributed by atoms with Crippen molar-refractivity contribution >= 4 is 5.91 Å². The van der Waals surface area contributed by atoms with Gasteiger partial charge in [0.25, 0.3) is 5.91 Å². The van der Waals surface area contributed by atoms with Crippen LogP contribution < -0.4 is 4.74 Å². The molecule has 0 unspecified atom stereocenters. The van der Waals surface area contributed by atoms with Crippen LogP contribution in [0.4, 0.5) is 4.39 Å². The molecule has 0 bridgehead atoms. The van der Waals surface area contributed by atoms with Crippen molar-refractivity contribution in [2.45, 2.75) is 26.5 Å². The number of rotatable bonds is 4. The molecule has 2 heterocycles. The fraction of sp³-hybridized carbons (Fsp3) is 0.238. The van der Waals surface area contributed by atoms with Crippen molar-refractivity contribution in [1.82, 2.24) is 9.88 Å². The van der Waals surface area contributed by atoms with Gasteiger partial charge in [-0.25, -0.2) is 9.37 Å². The molecule has 0 radical (unpaired) electrons. The fourth-order valence-electron chi connectivity index (χ4n) is 3.11. The molecular weight excluding hydrogens is 347 g/mol. The summed E-state index contributed by atoms with van der Waals surface area (Å²) in [6.45, 7) is 3.14. The number of nitrogens with zero attached hydrogens (tertiary/aromatic N) is 2. The standard InChI is InChI=1S/C21H19FN2O3/c1-14-3-2-4-17(11-14)26-13-20-23-18-9-10-24(12-19(18)27-20)21(25)15-5-7-16(22)8-6-15/h2-8,11H,9-10,12-13H2,1H3. The Bertz CT molecular complexity index is 966. The number of aromatic nitrogens is 1. The molecule has 0 aliphatic carbocycles. The number of carbonyl (C=O) groups excluding carboxylic acids is 1. The van der Waals surface area contributed by atoms with Crippen LogP contribution in [0.2, 0.25) is 0 Å². The Kier molecular flexibility index (Phi) is 4.62. The van der Waals surface area contributed by atoms with Crippen LogP contribution in [0.15, 0.2) is 52.9 Å². The number of ether oxygens (including phenoxy) is 1. The molecular formula is C21H19FN2O3. The van der Waals surface area contributed by atoms with Crippen LogP contribution in [0.3, 0.4) is 0 Å². The fourth-order valence-corrected chi connectivity index (χ4v) is 3.11. The molecule has 138 valence electrons. The third-order valence-electron chi connectivity index (χ3n) is 4.51. The lowest BCUT2D eigenvalue weighted by atomic mass is 10.1. The van der Waals surface area contributed by atoms with Crippen LogP contribution in [0.1, 0.15) is 33.3 Å². The largest absolute Gasteiger partial charge is 0.484 e. The van der Waals surface area contributed by atoms with E-state index in [0.717, 1.165) is 17.0 Å². The van der Waals surface area contributed by atoms with E-state index in [-0.39, 0.29) is 18.3 Å². The number of oxazole rings is 1. The van der Waals surface area contributed by atoms with Gasteiger partial charge in [0.1, 0.15) is 17.3 Å². The maximum Gasteiger partial charge on any atom is 0.254 e. The summed E-state index contributed by atoms with van der Waals surface area (Å²) in [5, 5.41) is 0. The molecule has 4 rings (SSSR count). The van der Waals surface area contributed by atoms with Crippen molar-refractivity contribution in [2.75, 3.05) is 6.54 Å². The summed E-state index contributed by atoms with van der Waals surface area (Å²) in [5.41, 5.74) is 2.44. The average molecular weight is 366 g/mol. The van der Waals surface area contributed by atoms with Crippen molar-refractivity contribution in [3.63, 3.8) is 0 Å². The van der Waals surface area contributed by atoms with Crippen LogP contribution in [0.25, 0.3) is 0 Å². The molecule has 0 atom stereocenters. The van der Waals surface area contributed by atoms with Gasteiger partial charge in [0.15, 0.2) is 6.61 Å². The third-order valence-corrected chi connectivity index (χ3v) is 4.51. The van der Waals surface area contributed by atoms with Gasteiger partial charge in [0.2, 0.25) is 5.89 Å². The van der Waals surface area contributed by atoms with Gasteiger partial charge >= 0.3 is 0 Å². The van der Waals surface area contributed by atoms with Gasteiger partial charge in [-0.05, 0) is 48.9 Å². The summed E-state index contributed by atoms with van der Waals surface area (Å²) in [7, 11) is 0. The predicted octanol–water partition coefficient (Wildman–Crippen LogP) is 3.90. The first-order chi connectivity index (χ1) is 13.1. The third kappa shape index (κ3) is 3.84. The zero-order chi connectivity index (χ0) is 18.8. The van der Waals surface area contributed by atoms with Crippen molar-refractivity contribution in [3.8, 4) is 5.75 Å². The van der Waals surface area contributed by atoms with Crippen molar-refractivity contribution in [2.24, 2.45) is 0 Å². The van der Waals surface area contributed by atoms with E-state index in [1.54, 1.807) is 4.90 Å². The maximum atomic E-state index is 13.0. The number of benzene rings is 2. The lowest BCUT2D eigenvalue weighted by Crippen LogP contribution is -2.35. The predicted molar refractivity (Wildman–Crippen MR) is 96.9 cm³/mol. The van der Waals surface area contributed by atoms with Gasteiger partial charge in [0.05, 0.1) is 12.2 Å². The van der Waals surface area contributed by atoms with Gasteiger partial charge in [-0.15, -0.1) is 0 Å². The zero-order valence-corrected chi connectivity index (χ0v) is 14.9. The minimum absolute atomic E-state index is 0.144. The highest BCUT2D eigenvalue weighted by Gasteiger charge is 2.26. The smallest absolute Gasteiger partial charge is 0.254 e. The summed E-state index contributed by atoms with van der Waals surface area (Å²) in [4.78, 5) is 18.8. The van der Waals surface area contributed by atoms with E-state index in [4.69, 9.17) is 9.15 Å². The number of aryl methyl sites for hydroxylation is 1. The molecule has 3 aromatic rings.